The zero-order valence-electron chi connectivity index (χ0n) is 14.2. The summed E-state index contributed by atoms with van der Waals surface area (Å²) in [6, 6.07) is 15.3. The lowest BCUT2D eigenvalue weighted by molar-refractivity contribution is 0.0699. The maximum atomic E-state index is 12.2. The van der Waals surface area contributed by atoms with Gasteiger partial charge in [-0.25, -0.2) is 9.78 Å². The Morgan fingerprint density at radius 1 is 1.12 bits per heavy atom. The predicted octanol–water partition coefficient (Wildman–Crippen LogP) is 5.21. The third kappa shape index (κ3) is 3.24. The lowest BCUT2D eigenvalue weighted by Gasteiger charge is -2.26. The molecule has 0 saturated heterocycles. The molecule has 0 aliphatic heterocycles. The van der Waals surface area contributed by atoms with Gasteiger partial charge in [-0.1, -0.05) is 46.3 Å². The van der Waals surface area contributed by atoms with Crippen LogP contribution in [0.4, 0.5) is 5.69 Å². The van der Waals surface area contributed by atoms with Crippen LogP contribution in [0.2, 0.25) is 0 Å². The molecule has 1 aromatic heterocycles. The molecule has 0 atom stereocenters. The van der Waals surface area contributed by atoms with E-state index in [0.29, 0.717) is 40.9 Å². The smallest absolute Gasteiger partial charge is 0.338 e. The molecule has 4 nitrogen and oxygen atoms in total. The van der Waals surface area contributed by atoms with Crippen LogP contribution >= 0.6 is 15.9 Å². The topological polar surface area (TPSA) is 53.4 Å². The van der Waals surface area contributed by atoms with Gasteiger partial charge in [-0.2, -0.15) is 0 Å². The van der Waals surface area contributed by atoms with Crippen LogP contribution in [-0.2, 0) is 0 Å². The number of aromatic carboxylic acids is 1. The number of carboxylic acid groups (broad SMARTS) is 1. The Bertz CT molecular complexity index is 922. The summed E-state index contributed by atoms with van der Waals surface area (Å²) in [7, 11) is 0. The van der Waals surface area contributed by atoms with Gasteiger partial charge in [-0.15, -0.1) is 0 Å². The van der Waals surface area contributed by atoms with E-state index in [4.69, 9.17) is 4.98 Å². The molecule has 0 spiro atoms. The first kappa shape index (κ1) is 17.4. The summed E-state index contributed by atoms with van der Waals surface area (Å²) in [5.74, 6) is -0.940. The number of aromatic nitrogens is 1. The second kappa shape index (κ2) is 7.23. The molecule has 0 bridgehead atoms. The lowest BCUT2D eigenvalue weighted by Crippen LogP contribution is -2.25. The Labute approximate surface area is 155 Å². The molecular formula is C20H19BrN2O2. The minimum atomic E-state index is -0.940. The van der Waals surface area contributed by atoms with Gasteiger partial charge >= 0.3 is 5.97 Å². The number of halogens is 1. The number of nitrogens with zero attached hydrogens (tertiary/aromatic N) is 2. The third-order valence-corrected chi connectivity index (χ3v) is 4.76. The van der Waals surface area contributed by atoms with E-state index in [0.717, 1.165) is 10.0 Å². The Morgan fingerprint density at radius 3 is 2.40 bits per heavy atom. The van der Waals surface area contributed by atoms with Gasteiger partial charge < -0.3 is 10.0 Å². The Morgan fingerprint density at radius 2 is 1.80 bits per heavy atom. The number of benzene rings is 2. The molecule has 25 heavy (non-hydrogen) atoms. The van der Waals surface area contributed by atoms with Gasteiger partial charge in [-0.05, 0) is 32.0 Å². The number of fused-ring (bicyclic) bond motifs is 1. The quantitative estimate of drug-likeness (QED) is 0.640. The summed E-state index contributed by atoms with van der Waals surface area (Å²) in [4.78, 5) is 19.1. The molecule has 0 saturated carbocycles. The number of rotatable bonds is 5. The number of carboxylic acids is 1. The minimum absolute atomic E-state index is 0.300. The molecule has 0 radical (unpaired) electrons. The van der Waals surface area contributed by atoms with Crippen LogP contribution in [0.25, 0.3) is 22.2 Å². The van der Waals surface area contributed by atoms with Gasteiger partial charge in [0.05, 0.1) is 22.5 Å². The van der Waals surface area contributed by atoms with E-state index in [9.17, 15) is 9.90 Å². The van der Waals surface area contributed by atoms with Gasteiger partial charge in [-0.3, -0.25) is 0 Å². The number of hydrogen-bond acceptors (Lipinski definition) is 3. The maximum absolute atomic E-state index is 12.2. The van der Waals surface area contributed by atoms with Crippen LogP contribution in [0.3, 0.4) is 0 Å². The standard InChI is InChI=1S/C20H19BrN2O2/c1-3-23(4-2)19-17(20(24)25)15-12-14(21)10-11-16(15)22-18(19)13-8-6-5-7-9-13/h5-12H,3-4H2,1-2H3,(H,24,25). The molecule has 0 fully saturated rings. The molecule has 0 unspecified atom stereocenters. The van der Waals surface area contributed by atoms with Crippen molar-refractivity contribution in [2.45, 2.75) is 13.8 Å². The van der Waals surface area contributed by atoms with Crippen molar-refractivity contribution in [3.8, 4) is 11.3 Å². The van der Waals surface area contributed by atoms with Crippen LogP contribution in [0.5, 0.6) is 0 Å². The highest BCUT2D eigenvalue weighted by molar-refractivity contribution is 9.10. The van der Waals surface area contributed by atoms with Crippen LogP contribution in [0.1, 0.15) is 24.2 Å². The number of anilines is 1. The molecule has 0 aliphatic carbocycles. The van der Waals surface area contributed by atoms with Gasteiger partial charge in [0.25, 0.3) is 0 Å². The van der Waals surface area contributed by atoms with Crippen LogP contribution < -0.4 is 4.90 Å². The van der Waals surface area contributed by atoms with E-state index >= 15 is 0 Å². The number of carbonyl (C=O) groups is 1. The third-order valence-electron chi connectivity index (χ3n) is 4.26. The molecule has 2 aromatic carbocycles. The Hall–Kier alpha value is -2.40. The van der Waals surface area contributed by atoms with Crippen LogP contribution in [0, 0.1) is 0 Å². The first-order valence-corrected chi connectivity index (χ1v) is 9.03. The molecule has 3 rings (SSSR count). The number of hydrogen-bond donors (Lipinski definition) is 1. The summed E-state index contributed by atoms with van der Waals surface area (Å²) in [5, 5.41) is 10.6. The minimum Gasteiger partial charge on any atom is -0.478 e. The molecule has 1 N–H and O–H groups in total. The molecular weight excluding hydrogens is 380 g/mol. The Kier molecular flexibility index (Phi) is 5.04. The largest absolute Gasteiger partial charge is 0.478 e. The van der Waals surface area contributed by atoms with Crippen molar-refractivity contribution in [2.24, 2.45) is 0 Å². The van der Waals surface area contributed by atoms with Crippen molar-refractivity contribution in [1.29, 1.82) is 0 Å². The zero-order chi connectivity index (χ0) is 18.0. The average Bonchev–Trinajstić information content (AvgIpc) is 2.62. The summed E-state index contributed by atoms with van der Waals surface area (Å²) in [5.41, 5.74) is 3.27. The van der Waals surface area contributed by atoms with Gasteiger partial charge in [0.1, 0.15) is 0 Å². The fraction of sp³-hybridized carbons (Fsp3) is 0.200. The normalized spacial score (nSPS) is 10.8. The fourth-order valence-corrected chi connectivity index (χ4v) is 3.45. The Balaban J connectivity index is 2.47. The lowest BCUT2D eigenvalue weighted by atomic mass is 10.00. The van der Waals surface area contributed by atoms with Crippen LogP contribution in [-0.4, -0.2) is 29.1 Å². The van der Waals surface area contributed by atoms with Gasteiger partial charge in [0.2, 0.25) is 0 Å². The highest BCUT2D eigenvalue weighted by Crippen LogP contribution is 2.37. The summed E-state index contributed by atoms with van der Waals surface area (Å²) in [6.45, 7) is 5.46. The molecule has 5 heteroatoms. The van der Waals surface area contributed by atoms with E-state index in [1.54, 1.807) is 0 Å². The van der Waals surface area contributed by atoms with E-state index in [-0.39, 0.29) is 0 Å². The molecule has 0 amide bonds. The maximum Gasteiger partial charge on any atom is 0.338 e. The molecule has 128 valence electrons. The van der Waals surface area contributed by atoms with Crippen molar-refractivity contribution in [3.05, 3.63) is 58.6 Å². The molecule has 3 aromatic rings. The second-order valence-corrected chi connectivity index (χ2v) is 6.60. The number of pyridine rings is 1. The van der Waals surface area contributed by atoms with Crippen molar-refractivity contribution in [1.82, 2.24) is 4.98 Å². The monoisotopic (exact) mass is 398 g/mol. The molecule has 0 aliphatic rings. The first-order valence-electron chi connectivity index (χ1n) is 8.23. The van der Waals surface area contributed by atoms with Crippen molar-refractivity contribution in [2.75, 3.05) is 18.0 Å². The fourth-order valence-electron chi connectivity index (χ4n) is 3.09. The van der Waals surface area contributed by atoms with Crippen molar-refractivity contribution < 1.29 is 9.90 Å². The highest BCUT2D eigenvalue weighted by Gasteiger charge is 2.24. The van der Waals surface area contributed by atoms with Crippen molar-refractivity contribution in [3.63, 3.8) is 0 Å². The van der Waals surface area contributed by atoms with E-state index in [1.165, 1.54) is 0 Å². The predicted molar refractivity (Wildman–Crippen MR) is 105 cm³/mol. The van der Waals surface area contributed by atoms with Crippen molar-refractivity contribution >= 4 is 38.5 Å². The summed E-state index contributed by atoms with van der Waals surface area (Å²) in [6.07, 6.45) is 0. The summed E-state index contributed by atoms with van der Waals surface area (Å²) < 4.78 is 0.835. The van der Waals surface area contributed by atoms with Gasteiger partial charge in [0.15, 0.2) is 0 Å². The average molecular weight is 399 g/mol. The first-order chi connectivity index (χ1) is 12.1. The molecule has 1 heterocycles. The van der Waals surface area contributed by atoms with E-state index in [1.807, 2.05) is 62.4 Å². The summed E-state index contributed by atoms with van der Waals surface area (Å²) >= 11 is 3.44. The highest BCUT2D eigenvalue weighted by atomic mass is 79.9. The van der Waals surface area contributed by atoms with E-state index < -0.39 is 5.97 Å². The van der Waals surface area contributed by atoms with Gasteiger partial charge in [0, 0.05) is 28.5 Å². The van der Waals surface area contributed by atoms with E-state index in [2.05, 4.69) is 20.8 Å². The second-order valence-electron chi connectivity index (χ2n) is 5.69. The zero-order valence-corrected chi connectivity index (χ0v) is 15.7. The SMILES string of the molecule is CCN(CC)c1c(-c2ccccc2)nc2ccc(Br)cc2c1C(=O)O. The van der Waals surface area contributed by atoms with Crippen LogP contribution in [0.15, 0.2) is 53.0 Å².